The van der Waals surface area contributed by atoms with E-state index >= 15 is 0 Å². The smallest absolute Gasteiger partial charge is 0.328 e. The van der Waals surface area contributed by atoms with Crippen molar-refractivity contribution in [2.75, 3.05) is 38.0 Å². The fourth-order valence-electron chi connectivity index (χ4n) is 4.19. The first-order chi connectivity index (χ1) is 19.9. The molecule has 0 unspecified atom stereocenters. The van der Waals surface area contributed by atoms with Crippen LogP contribution in [0.4, 0.5) is 16.2 Å². The number of rotatable bonds is 10. The summed E-state index contributed by atoms with van der Waals surface area (Å²) in [7, 11) is 6.99. The SMILES string of the molecule is CC.CN(C)Cc1ccc(N(C)C(=O)N(C)c2ccc(C[C@H](NC(=O)c3c(O)cccc3O)C(=O)O)cc2)c(C=O)c1. The number of hydrogen-bond acceptors (Lipinski definition) is 7. The summed E-state index contributed by atoms with van der Waals surface area (Å²) in [6.07, 6.45) is 0.625. The van der Waals surface area contributed by atoms with E-state index in [-0.39, 0.29) is 6.42 Å². The lowest BCUT2D eigenvalue weighted by Gasteiger charge is -2.26. The zero-order chi connectivity index (χ0) is 31.6. The number of nitrogens with one attached hydrogen (secondary N) is 1. The monoisotopic (exact) mass is 578 g/mol. The molecule has 0 saturated heterocycles. The molecule has 42 heavy (non-hydrogen) atoms. The number of anilines is 2. The summed E-state index contributed by atoms with van der Waals surface area (Å²) >= 11 is 0. The Morgan fingerprint density at radius 1 is 0.857 bits per heavy atom. The van der Waals surface area contributed by atoms with Crippen molar-refractivity contribution < 1.29 is 34.5 Å². The average molecular weight is 579 g/mol. The number of urea groups is 1. The predicted molar refractivity (Wildman–Crippen MR) is 162 cm³/mol. The van der Waals surface area contributed by atoms with Gasteiger partial charge in [0.25, 0.3) is 5.91 Å². The molecule has 0 spiro atoms. The second-order valence-electron chi connectivity index (χ2n) is 9.56. The lowest BCUT2D eigenvalue weighted by Crippen LogP contribution is -2.42. The first-order valence-electron chi connectivity index (χ1n) is 13.3. The number of amides is 3. The minimum Gasteiger partial charge on any atom is -0.507 e. The van der Waals surface area contributed by atoms with Crippen molar-refractivity contribution >= 4 is 35.6 Å². The number of aliphatic carboxylic acids is 1. The Morgan fingerprint density at radius 3 is 1.95 bits per heavy atom. The fourth-order valence-corrected chi connectivity index (χ4v) is 4.19. The van der Waals surface area contributed by atoms with Gasteiger partial charge in [-0.05, 0) is 61.6 Å². The summed E-state index contributed by atoms with van der Waals surface area (Å²) in [5.41, 5.74) is 2.45. The molecule has 3 aromatic carbocycles. The number of benzene rings is 3. The summed E-state index contributed by atoms with van der Waals surface area (Å²) in [6.45, 7) is 4.65. The van der Waals surface area contributed by atoms with E-state index in [0.717, 1.165) is 5.56 Å². The second-order valence-corrected chi connectivity index (χ2v) is 9.56. The third-order valence-electron chi connectivity index (χ3n) is 6.27. The van der Waals surface area contributed by atoms with Crippen LogP contribution in [-0.4, -0.2) is 78.6 Å². The molecule has 3 amide bonds. The highest BCUT2D eigenvalue weighted by Gasteiger charge is 2.25. The van der Waals surface area contributed by atoms with Gasteiger partial charge in [-0.3, -0.25) is 19.4 Å². The van der Waals surface area contributed by atoms with Gasteiger partial charge < -0.3 is 25.5 Å². The fraction of sp³-hybridized carbons (Fsp3) is 0.290. The molecule has 11 heteroatoms. The highest BCUT2D eigenvalue weighted by atomic mass is 16.4. The first kappa shape index (κ1) is 33.3. The summed E-state index contributed by atoms with van der Waals surface area (Å²) in [6, 6.07) is 13.9. The van der Waals surface area contributed by atoms with Gasteiger partial charge in [0.05, 0.1) is 5.69 Å². The molecule has 0 saturated carbocycles. The maximum atomic E-state index is 13.2. The third kappa shape index (κ3) is 8.31. The minimum atomic E-state index is -1.35. The quantitative estimate of drug-likeness (QED) is 0.263. The molecular formula is C31H38N4O7. The Balaban J connectivity index is 0.00000301. The molecule has 0 aromatic heterocycles. The molecule has 0 aliphatic heterocycles. The van der Waals surface area contributed by atoms with Crippen molar-refractivity contribution in [2.45, 2.75) is 32.9 Å². The van der Waals surface area contributed by atoms with Gasteiger partial charge in [0.1, 0.15) is 23.1 Å². The van der Waals surface area contributed by atoms with Crippen LogP contribution in [0.5, 0.6) is 11.5 Å². The van der Waals surface area contributed by atoms with E-state index in [9.17, 15) is 34.5 Å². The van der Waals surface area contributed by atoms with Crippen molar-refractivity contribution in [3.8, 4) is 11.5 Å². The van der Waals surface area contributed by atoms with Crippen molar-refractivity contribution in [1.82, 2.24) is 10.2 Å². The van der Waals surface area contributed by atoms with E-state index in [1.807, 2.05) is 38.9 Å². The number of phenols is 2. The molecule has 3 aromatic rings. The molecule has 4 N–H and O–H groups in total. The van der Waals surface area contributed by atoms with Crippen molar-refractivity contribution in [2.24, 2.45) is 0 Å². The number of carboxylic acid groups (broad SMARTS) is 1. The summed E-state index contributed by atoms with van der Waals surface area (Å²) in [5.74, 6) is -3.19. The van der Waals surface area contributed by atoms with Crippen molar-refractivity contribution in [3.63, 3.8) is 0 Å². The number of hydrogen-bond donors (Lipinski definition) is 4. The van der Waals surface area contributed by atoms with Crippen LogP contribution < -0.4 is 15.1 Å². The van der Waals surface area contributed by atoms with E-state index in [2.05, 4.69) is 5.32 Å². The van der Waals surface area contributed by atoms with E-state index < -0.39 is 41.0 Å². The number of phenolic OH excluding ortho intramolecular Hbond substituents is 2. The number of aromatic hydroxyl groups is 2. The second kappa shape index (κ2) is 15.2. The minimum absolute atomic E-state index is 0.0880. The predicted octanol–water partition coefficient (Wildman–Crippen LogP) is 4.12. The third-order valence-corrected chi connectivity index (χ3v) is 6.27. The van der Waals surface area contributed by atoms with Crippen LogP contribution in [-0.2, 0) is 17.8 Å². The van der Waals surface area contributed by atoms with Gasteiger partial charge in [-0.25, -0.2) is 9.59 Å². The van der Waals surface area contributed by atoms with E-state index in [4.69, 9.17) is 0 Å². The van der Waals surface area contributed by atoms with E-state index in [1.165, 1.54) is 28.0 Å². The Hall–Kier alpha value is -4.90. The Morgan fingerprint density at radius 2 is 1.43 bits per heavy atom. The molecule has 1 atom stereocenters. The van der Waals surface area contributed by atoms with Crippen LogP contribution in [0.2, 0.25) is 0 Å². The molecule has 224 valence electrons. The maximum Gasteiger partial charge on any atom is 0.328 e. The molecule has 11 nitrogen and oxygen atoms in total. The number of aldehydes is 1. The van der Waals surface area contributed by atoms with Crippen molar-refractivity contribution in [1.29, 1.82) is 0 Å². The van der Waals surface area contributed by atoms with Gasteiger partial charge in [0.2, 0.25) is 0 Å². The van der Waals surface area contributed by atoms with Crippen LogP contribution >= 0.6 is 0 Å². The topological polar surface area (TPSA) is 151 Å². The molecule has 0 fully saturated rings. The molecule has 0 radical (unpaired) electrons. The Kier molecular flexibility index (Phi) is 12.1. The summed E-state index contributed by atoms with van der Waals surface area (Å²) in [4.78, 5) is 54.0. The Labute approximate surface area is 245 Å². The van der Waals surface area contributed by atoms with Gasteiger partial charge in [-0.2, -0.15) is 0 Å². The van der Waals surface area contributed by atoms with Gasteiger partial charge >= 0.3 is 12.0 Å². The summed E-state index contributed by atoms with van der Waals surface area (Å²) < 4.78 is 0. The van der Waals surface area contributed by atoms with Crippen LogP contribution in [0.3, 0.4) is 0 Å². The van der Waals surface area contributed by atoms with E-state index in [0.29, 0.717) is 35.3 Å². The molecule has 0 aliphatic rings. The van der Waals surface area contributed by atoms with Gasteiger partial charge in [-0.1, -0.05) is 38.1 Å². The molecule has 3 rings (SSSR count). The average Bonchev–Trinajstić information content (AvgIpc) is 2.96. The highest BCUT2D eigenvalue weighted by Crippen LogP contribution is 2.27. The lowest BCUT2D eigenvalue weighted by molar-refractivity contribution is -0.139. The molecular weight excluding hydrogens is 540 g/mol. The largest absolute Gasteiger partial charge is 0.507 e. The lowest BCUT2D eigenvalue weighted by atomic mass is 10.0. The van der Waals surface area contributed by atoms with Crippen LogP contribution in [0.25, 0.3) is 0 Å². The number of carbonyl (C=O) groups is 4. The van der Waals surface area contributed by atoms with E-state index in [1.54, 1.807) is 50.5 Å². The molecule has 0 bridgehead atoms. The van der Waals surface area contributed by atoms with Crippen molar-refractivity contribution in [3.05, 3.63) is 82.9 Å². The van der Waals surface area contributed by atoms with Gasteiger partial charge in [0, 0.05) is 38.3 Å². The highest BCUT2D eigenvalue weighted by molar-refractivity contribution is 6.05. The maximum absolute atomic E-state index is 13.2. The standard InChI is InChI=1S/C29H32N4O7.C2H6/c1-31(2)16-19-10-13-23(20(14-19)17-34)33(4)29(40)32(3)21-11-8-18(9-12-21)15-22(28(38)39)30-27(37)26-24(35)6-5-7-25(26)36;1-2/h5-14,17,22,35-36H,15-16H2,1-4H3,(H,30,37)(H,38,39);1-2H3/t22-;/m0./s1. The number of nitrogens with zero attached hydrogens (tertiary/aromatic N) is 3. The number of carboxylic acids is 1. The normalized spacial score (nSPS) is 11.1. The van der Waals surface area contributed by atoms with Crippen LogP contribution in [0, 0.1) is 0 Å². The zero-order valence-electron chi connectivity index (χ0n) is 24.7. The zero-order valence-corrected chi connectivity index (χ0v) is 24.7. The van der Waals surface area contributed by atoms with Crippen LogP contribution in [0.1, 0.15) is 45.7 Å². The molecule has 0 aliphatic carbocycles. The molecule has 0 heterocycles. The first-order valence-corrected chi connectivity index (χ1v) is 13.3. The van der Waals surface area contributed by atoms with Gasteiger partial charge in [-0.15, -0.1) is 0 Å². The van der Waals surface area contributed by atoms with Gasteiger partial charge in [0.15, 0.2) is 6.29 Å². The Bertz CT molecular complexity index is 1390. The summed E-state index contributed by atoms with van der Waals surface area (Å²) in [5, 5.41) is 31.7. The number of carbonyl (C=O) groups excluding carboxylic acids is 3. The van der Waals surface area contributed by atoms with Crippen LogP contribution in [0.15, 0.2) is 60.7 Å².